The molecule has 0 saturated heterocycles. The van der Waals surface area contributed by atoms with Crippen molar-refractivity contribution in [1.82, 2.24) is 0 Å². The Balaban J connectivity index is 4.47. The minimum absolute atomic E-state index is 0.268. The maximum atomic E-state index is 12.4. The molecule has 1 N–H and O–H groups in total. The van der Waals surface area contributed by atoms with Crippen LogP contribution in [0.15, 0.2) is 28.9 Å². The summed E-state index contributed by atoms with van der Waals surface area (Å²) in [6, 6.07) is 0. The van der Waals surface area contributed by atoms with Crippen LogP contribution in [0.3, 0.4) is 0 Å². The van der Waals surface area contributed by atoms with Gasteiger partial charge in [-0.2, -0.15) is 4.39 Å². The summed E-state index contributed by atoms with van der Waals surface area (Å²) in [6.07, 6.45) is 0.842. The van der Waals surface area contributed by atoms with Gasteiger partial charge in [-0.1, -0.05) is 18.3 Å². The molecule has 0 radical (unpaired) electrons. The van der Waals surface area contributed by atoms with Gasteiger partial charge in [0.1, 0.15) is 0 Å². The number of hydrogen-bond donors (Lipinski definition) is 1. The van der Waals surface area contributed by atoms with Crippen molar-refractivity contribution in [3.8, 4) is 0 Å². The standard InChI is InChI=1S/C7H8FNO2S/c1-3-12-6(9-2)4-5(8)7(10)11/h3-4H,1H2,2H3,(H,10,11)/b5-4-,9-6?. The number of aliphatic carboxylic acids is 1. The zero-order valence-electron chi connectivity index (χ0n) is 6.45. The van der Waals surface area contributed by atoms with Gasteiger partial charge in [0.2, 0.25) is 5.83 Å². The van der Waals surface area contributed by atoms with Gasteiger partial charge in [-0.25, -0.2) is 4.79 Å². The van der Waals surface area contributed by atoms with Crippen molar-refractivity contribution in [2.75, 3.05) is 7.05 Å². The normalized spacial score (nSPS) is 12.8. The summed E-state index contributed by atoms with van der Waals surface area (Å²) in [7, 11) is 1.44. The maximum Gasteiger partial charge on any atom is 0.364 e. The third-order valence-corrected chi connectivity index (χ3v) is 1.59. The first-order valence-corrected chi connectivity index (χ1v) is 3.84. The lowest BCUT2D eigenvalue weighted by Gasteiger charge is -1.92. The average molecular weight is 189 g/mol. The number of aliphatic imine (C=N–C) groups is 1. The highest BCUT2D eigenvalue weighted by molar-refractivity contribution is 8.16. The van der Waals surface area contributed by atoms with Gasteiger partial charge in [-0.05, 0) is 5.41 Å². The Morgan fingerprint density at radius 3 is 2.67 bits per heavy atom. The molecule has 0 unspecified atom stereocenters. The molecule has 0 atom stereocenters. The monoisotopic (exact) mass is 189 g/mol. The molecule has 12 heavy (non-hydrogen) atoms. The average Bonchev–Trinajstić information content (AvgIpc) is 2.03. The van der Waals surface area contributed by atoms with Crippen molar-refractivity contribution >= 4 is 22.8 Å². The van der Waals surface area contributed by atoms with Crippen LogP contribution in [0.5, 0.6) is 0 Å². The van der Waals surface area contributed by atoms with Crippen molar-refractivity contribution in [3.05, 3.63) is 23.9 Å². The molecule has 0 fully saturated rings. The Labute approximate surface area is 73.7 Å². The topological polar surface area (TPSA) is 49.7 Å². The van der Waals surface area contributed by atoms with Crippen molar-refractivity contribution in [1.29, 1.82) is 0 Å². The van der Waals surface area contributed by atoms with Crippen LogP contribution in [0.25, 0.3) is 0 Å². The lowest BCUT2D eigenvalue weighted by atomic mass is 10.5. The highest BCUT2D eigenvalue weighted by atomic mass is 32.2. The fraction of sp³-hybridized carbons (Fsp3) is 0.143. The number of carbonyl (C=O) groups is 1. The van der Waals surface area contributed by atoms with Crippen molar-refractivity contribution in [3.63, 3.8) is 0 Å². The van der Waals surface area contributed by atoms with Crippen LogP contribution in [-0.2, 0) is 4.79 Å². The molecule has 0 saturated carbocycles. The molecule has 0 aromatic carbocycles. The number of rotatable bonds is 3. The van der Waals surface area contributed by atoms with Gasteiger partial charge < -0.3 is 5.11 Å². The van der Waals surface area contributed by atoms with E-state index >= 15 is 0 Å². The Morgan fingerprint density at radius 2 is 2.33 bits per heavy atom. The van der Waals surface area contributed by atoms with Crippen LogP contribution in [0, 0.1) is 0 Å². The summed E-state index contributed by atoms with van der Waals surface area (Å²) < 4.78 is 12.4. The molecule has 0 amide bonds. The molecule has 5 heteroatoms. The first-order chi connectivity index (χ1) is 5.61. The second-order valence-corrected chi connectivity index (χ2v) is 2.63. The number of halogens is 1. The van der Waals surface area contributed by atoms with Crippen LogP contribution in [-0.4, -0.2) is 23.2 Å². The van der Waals surface area contributed by atoms with E-state index in [0.29, 0.717) is 0 Å². The quantitative estimate of drug-likeness (QED) is 0.418. The van der Waals surface area contributed by atoms with E-state index in [0.717, 1.165) is 17.8 Å². The van der Waals surface area contributed by atoms with Crippen LogP contribution < -0.4 is 0 Å². The Hall–Kier alpha value is -1.10. The first-order valence-electron chi connectivity index (χ1n) is 2.96. The van der Waals surface area contributed by atoms with Gasteiger partial charge in [-0.3, -0.25) is 4.99 Å². The lowest BCUT2D eigenvalue weighted by Crippen LogP contribution is -1.97. The van der Waals surface area contributed by atoms with Crippen LogP contribution in [0.4, 0.5) is 4.39 Å². The SMILES string of the molecule is C=CSC(/C=C(\F)C(=O)O)=NC. The van der Waals surface area contributed by atoms with E-state index in [1.165, 1.54) is 12.5 Å². The smallest absolute Gasteiger partial charge is 0.364 e. The number of carboxylic acids is 1. The van der Waals surface area contributed by atoms with E-state index in [-0.39, 0.29) is 5.04 Å². The minimum Gasteiger partial charge on any atom is -0.476 e. The summed E-state index contributed by atoms with van der Waals surface area (Å²) in [5, 5.41) is 9.87. The fourth-order valence-corrected chi connectivity index (χ4v) is 0.854. The number of carboxylic acid groups (broad SMARTS) is 1. The molecule has 66 valence electrons. The third kappa shape index (κ3) is 3.92. The van der Waals surface area contributed by atoms with E-state index in [9.17, 15) is 9.18 Å². The highest BCUT2D eigenvalue weighted by Gasteiger charge is 2.05. The molecule has 0 aliphatic rings. The van der Waals surface area contributed by atoms with E-state index in [1.54, 1.807) is 0 Å². The summed E-state index contributed by atoms with van der Waals surface area (Å²) >= 11 is 1.06. The van der Waals surface area contributed by atoms with E-state index in [2.05, 4.69) is 11.6 Å². The zero-order valence-corrected chi connectivity index (χ0v) is 7.27. The van der Waals surface area contributed by atoms with Gasteiger partial charge in [0.05, 0.1) is 5.04 Å². The maximum absolute atomic E-state index is 12.4. The van der Waals surface area contributed by atoms with E-state index in [1.807, 2.05) is 0 Å². The van der Waals surface area contributed by atoms with Crippen LogP contribution in [0.1, 0.15) is 0 Å². The summed E-state index contributed by atoms with van der Waals surface area (Å²) in [5.74, 6) is -2.83. The fourth-order valence-electron chi connectivity index (χ4n) is 0.407. The number of hydrogen-bond acceptors (Lipinski definition) is 3. The third-order valence-electron chi connectivity index (χ3n) is 0.879. The molecule has 0 aromatic rings. The predicted molar refractivity (Wildman–Crippen MR) is 48.0 cm³/mol. The number of thioether (sulfide) groups is 1. The van der Waals surface area contributed by atoms with Gasteiger partial charge in [0.15, 0.2) is 0 Å². The van der Waals surface area contributed by atoms with Crippen LogP contribution >= 0.6 is 11.8 Å². The lowest BCUT2D eigenvalue weighted by molar-refractivity contribution is -0.134. The Morgan fingerprint density at radius 1 is 1.75 bits per heavy atom. The second kappa shape index (κ2) is 5.54. The molecule has 0 aromatic heterocycles. The molecule has 0 rings (SSSR count). The van der Waals surface area contributed by atoms with Crippen molar-refractivity contribution in [2.45, 2.75) is 0 Å². The Bertz CT molecular complexity index is 248. The largest absolute Gasteiger partial charge is 0.476 e. The van der Waals surface area contributed by atoms with Gasteiger partial charge in [0, 0.05) is 13.1 Å². The highest BCUT2D eigenvalue weighted by Crippen LogP contribution is 2.08. The molecule has 0 aliphatic heterocycles. The summed E-state index contributed by atoms with van der Waals surface area (Å²) in [5.41, 5.74) is 0. The van der Waals surface area contributed by atoms with E-state index in [4.69, 9.17) is 5.11 Å². The Kier molecular flexibility index (Phi) is 5.03. The summed E-state index contributed by atoms with van der Waals surface area (Å²) in [6.45, 7) is 3.38. The summed E-state index contributed by atoms with van der Waals surface area (Å²) in [4.78, 5) is 13.7. The van der Waals surface area contributed by atoms with Gasteiger partial charge in [0.25, 0.3) is 0 Å². The predicted octanol–water partition coefficient (Wildman–Crippen LogP) is 1.83. The van der Waals surface area contributed by atoms with E-state index < -0.39 is 11.8 Å². The molecule has 0 heterocycles. The van der Waals surface area contributed by atoms with Crippen molar-refractivity contribution in [2.24, 2.45) is 4.99 Å². The molecular formula is C7H8FNO2S. The molecule has 0 aliphatic carbocycles. The molecular weight excluding hydrogens is 181 g/mol. The molecule has 0 bridgehead atoms. The molecule has 3 nitrogen and oxygen atoms in total. The zero-order chi connectivity index (χ0) is 9.56. The number of nitrogens with zero attached hydrogens (tertiary/aromatic N) is 1. The van der Waals surface area contributed by atoms with Gasteiger partial charge >= 0.3 is 5.97 Å². The minimum atomic E-state index is -1.60. The molecule has 0 spiro atoms. The first kappa shape index (κ1) is 10.9. The van der Waals surface area contributed by atoms with Crippen LogP contribution in [0.2, 0.25) is 0 Å². The second-order valence-electron chi connectivity index (χ2n) is 1.64. The van der Waals surface area contributed by atoms with Crippen molar-refractivity contribution < 1.29 is 14.3 Å². The van der Waals surface area contributed by atoms with Gasteiger partial charge in [-0.15, -0.1) is 0 Å².